The summed E-state index contributed by atoms with van der Waals surface area (Å²) >= 11 is 12.2. The molecule has 0 aliphatic carbocycles. The summed E-state index contributed by atoms with van der Waals surface area (Å²) in [5.41, 5.74) is 2.10. The number of carbonyl (C=O) groups is 1. The van der Waals surface area contributed by atoms with E-state index in [4.69, 9.17) is 23.2 Å². The predicted molar refractivity (Wildman–Crippen MR) is 102 cm³/mol. The van der Waals surface area contributed by atoms with Gasteiger partial charge in [0.2, 0.25) is 0 Å². The lowest BCUT2D eigenvalue weighted by molar-refractivity contribution is 0.102. The van der Waals surface area contributed by atoms with Crippen LogP contribution in [0.4, 0.5) is 11.5 Å². The molecule has 0 fully saturated rings. The highest BCUT2D eigenvalue weighted by Gasteiger charge is 2.10. The molecule has 3 aromatic rings. The molecule has 0 spiro atoms. The molecule has 0 atom stereocenters. The van der Waals surface area contributed by atoms with Crippen molar-refractivity contribution in [1.82, 2.24) is 4.98 Å². The van der Waals surface area contributed by atoms with E-state index in [-0.39, 0.29) is 5.91 Å². The average molecular weight is 372 g/mol. The summed E-state index contributed by atoms with van der Waals surface area (Å²) in [6, 6.07) is 18.4. The summed E-state index contributed by atoms with van der Waals surface area (Å²) in [5, 5.41) is 6.86. The van der Waals surface area contributed by atoms with Crippen LogP contribution in [0.25, 0.3) is 0 Å². The van der Waals surface area contributed by atoms with Gasteiger partial charge >= 0.3 is 0 Å². The SMILES string of the molecule is O=C(Nc1cccc(Cl)c1)c1cnc(NCc2ccccc2)c(Cl)c1. The third-order valence-corrected chi connectivity index (χ3v) is 4.01. The Hall–Kier alpha value is -2.56. The van der Waals surface area contributed by atoms with Crippen molar-refractivity contribution in [3.8, 4) is 0 Å². The zero-order valence-electron chi connectivity index (χ0n) is 13.2. The molecule has 2 aromatic carbocycles. The summed E-state index contributed by atoms with van der Waals surface area (Å²) in [5.74, 6) is 0.233. The number of hydrogen-bond acceptors (Lipinski definition) is 3. The van der Waals surface area contributed by atoms with Crippen LogP contribution < -0.4 is 10.6 Å². The zero-order valence-corrected chi connectivity index (χ0v) is 14.7. The van der Waals surface area contributed by atoms with Crippen molar-refractivity contribution >= 4 is 40.6 Å². The lowest BCUT2D eigenvalue weighted by atomic mass is 10.2. The van der Waals surface area contributed by atoms with E-state index in [1.165, 1.54) is 6.20 Å². The fourth-order valence-corrected chi connectivity index (χ4v) is 2.67. The third-order valence-electron chi connectivity index (χ3n) is 3.49. The van der Waals surface area contributed by atoms with Crippen LogP contribution in [0.1, 0.15) is 15.9 Å². The molecular weight excluding hydrogens is 357 g/mol. The highest BCUT2D eigenvalue weighted by atomic mass is 35.5. The standard InChI is InChI=1S/C19H15Cl2N3O/c20-15-7-4-8-16(10-15)24-19(25)14-9-17(21)18(23-12-14)22-11-13-5-2-1-3-6-13/h1-10,12H,11H2,(H,22,23)(H,24,25). The number of pyridine rings is 1. The second-order valence-electron chi connectivity index (χ2n) is 5.36. The van der Waals surface area contributed by atoms with Gasteiger partial charge in [0.1, 0.15) is 5.82 Å². The van der Waals surface area contributed by atoms with Gasteiger partial charge in [-0.15, -0.1) is 0 Å². The molecule has 0 saturated heterocycles. The number of nitrogens with one attached hydrogen (secondary N) is 2. The number of amides is 1. The maximum absolute atomic E-state index is 12.3. The number of rotatable bonds is 5. The minimum Gasteiger partial charge on any atom is -0.365 e. The van der Waals surface area contributed by atoms with E-state index in [1.807, 2.05) is 30.3 Å². The molecule has 0 bridgehead atoms. The lowest BCUT2D eigenvalue weighted by Gasteiger charge is -2.10. The summed E-state index contributed by atoms with van der Waals surface area (Å²) in [7, 11) is 0. The first-order valence-electron chi connectivity index (χ1n) is 7.62. The Balaban J connectivity index is 1.67. The van der Waals surface area contributed by atoms with E-state index >= 15 is 0 Å². The van der Waals surface area contributed by atoms with E-state index in [2.05, 4.69) is 15.6 Å². The number of aromatic nitrogens is 1. The zero-order chi connectivity index (χ0) is 17.6. The quantitative estimate of drug-likeness (QED) is 0.643. The van der Waals surface area contributed by atoms with Crippen LogP contribution in [0.15, 0.2) is 66.9 Å². The molecule has 1 aromatic heterocycles. The van der Waals surface area contributed by atoms with Crippen molar-refractivity contribution in [3.05, 3.63) is 88.0 Å². The van der Waals surface area contributed by atoms with E-state index in [9.17, 15) is 4.79 Å². The molecule has 6 heteroatoms. The normalized spacial score (nSPS) is 10.3. The number of benzene rings is 2. The van der Waals surface area contributed by atoms with Gasteiger partial charge in [-0.3, -0.25) is 4.79 Å². The highest BCUT2D eigenvalue weighted by molar-refractivity contribution is 6.33. The first kappa shape index (κ1) is 17.3. The van der Waals surface area contributed by atoms with Crippen molar-refractivity contribution in [1.29, 1.82) is 0 Å². The molecule has 1 amide bonds. The summed E-state index contributed by atoms with van der Waals surface area (Å²) in [4.78, 5) is 16.5. The fourth-order valence-electron chi connectivity index (χ4n) is 2.24. The largest absolute Gasteiger partial charge is 0.365 e. The maximum Gasteiger partial charge on any atom is 0.257 e. The molecule has 0 saturated carbocycles. The Morgan fingerprint density at radius 2 is 1.80 bits per heavy atom. The van der Waals surface area contributed by atoms with E-state index in [0.717, 1.165) is 5.56 Å². The number of carbonyl (C=O) groups excluding carboxylic acids is 1. The lowest BCUT2D eigenvalue weighted by Crippen LogP contribution is -2.13. The highest BCUT2D eigenvalue weighted by Crippen LogP contribution is 2.22. The molecule has 2 N–H and O–H groups in total. The third kappa shape index (κ3) is 4.72. The van der Waals surface area contributed by atoms with Gasteiger partial charge in [-0.1, -0.05) is 59.6 Å². The molecule has 126 valence electrons. The summed E-state index contributed by atoms with van der Waals surface area (Å²) < 4.78 is 0. The van der Waals surface area contributed by atoms with Gasteiger partial charge in [-0.25, -0.2) is 4.98 Å². The van der Waals surface area contributed by atoms with E-state index < -0.39 is 0 Å². The molecule has 1 heterocycles. The first-order valence-corrected chi connectivity index (χ1v) is 8.38. The van der Waals surface area contributed by atoms with Crippen LogP contribution in [-0.2, 0) is 6.54 Å². The Morgan fingerprint density at radius 3 is 2.52 bits per heavy atom. The van der Waals surface area contributed by atoms with Crippen molar-refractivity contribution in [2.75, 3.05) is 10.6 Å². The summed E-state index contributed by atoms with van der Waals surface area (Å²) in [6.45, 7) is 0.599. The van der Waals surface area contributed by atoms with Crippen molar-refractivity contribution in [3.63, 3.8) is 0 Å². The van der Waals surface area contributed by atoms with E-state index in [1.54, 1.807) is 30.3 Å². The van der Waals surface area contributed by atoms with Crippen LogP contribution in [-0.4, -0.2) is 10.9 Å². The molecule has 0 aliphatic rings. The van der Waals surface area contributed by atoms with Crippen LogP contribution in [0.2, 0.25) is 10.0 Å². The van der Waals surface area contributed by atoms with Crippen molar-refractivity contribution < 1.29 is 4.79 Å². The Kier molecular flexibility index (Phi) is 5.53. The first-order chi connectivity index (χ1) is 12.1. The smallest absolute Gasteiger partial charge is 0.257 e. The molecule has 0 aliphatic heterocycles. The van der Waals surface area contributed by atoms with Gasteiger partial charge in [0.25, 0.3) is 5.91 Å². The van der Waals surface area contributed by atoms with Gasteiger partial charge in [-0.2, -0.15) is 0 Å². The van der Waals surface area contributed by atoms with Gasteiger partial charge in [0.05, 0.1) is 10.6 Å². The van der Waals surface area contributed by atoms with Gasteiger partial charge in [0.15, 0.2) is 0 Å². The van der Waals surface area contributed by atoms with Crippen LogP contribution in [0.5, 0.6) is 0 Å². The average Bonchev–Trinajstić information content (AvgIpc) is 2.61. The number of hydrogen-bond donors (Lipinski definition) is 2. The van der Waals surface area contributed by atoms with Crippen molar-refractivity contribution in [2.24, 2.45) is 0 Å². The van der Waals surface area contributed by atoms with Crippen LogP contribution in [0.3, 0.4) is 0 Å². The molecule has 4 nitrogen and oxygen atoms in total. The molecular formula is C19H15Cl2N3O. The van der Waals surface area contributed by atoms with E-state index in [0.29, 0.717) is 33.7 Å². The predicted octanol–water partition coefficient (Wildman–Crippen LogP) is 5.25. The molecule has 0 unspecified atom stereocenters. The molecule has 3 rings (SSSR count). The minimum atomic E-state index is -0.300. The number of halogens is 2. The van der Waals surface area contributed by atoms with Gasteiger partial charge in [-0.05, 0) is 29.8 Å². The van der Waals surface area contributed by atoms with Crippen LogP contribution >= 0.6 is 23.2 Å². The fraction of sp³-hybridized carbons (Fsp3) is 0.0526. The van der Waals surface area contributed by atoms with Crippen molar-refractivity contribution in [2.45, 2.75) is 6.54 Å². The number of nitrogens with zero attached hydrogens (tertiary/aromatic N) is 1. The molecule has 0 radical (unpaired) electrons. The van der Waals surface area contributed by atoms with Gasteiger partial charge < -0.3 is 10.6 Å². The topological polar surface area (TPSA) is 54.0 Å². The Bertz CT molecular complexity index is 885. The van der Waals surface area contributed by atoms with Crippen LogP contribution in [0, 0.1) is 0 Å². The second-order valence-corrected chi connectivity index (χ2v) is 6.20. The summed E-state index contributed by atoms with van der Waals surface area (Å²) in [6.07, 6.45) is 1.49. The number of anilines is 2. The minimum absolute atomic E-state index is 0.300. The molecule has 25 heavy (non-hydrogen) atoms. The Labute approximate surface area is 155 Å². The second kappa shape index (κ2) is 8.01. The van der Waals surface area contributed by atoms with Gasteiger partial charge in [0, 0.05) is 23.5 Å². The maximum atomic E-state index is 12.3. The monoisotopic (exact) mass is 371 g/mol. The Morgan fingerprint density at radius 1 is 1.00 bits per heavy atom.